The first-order valence-electron chi connectivity index (χ1n) is 5.73. The quantitative estimate of drug-likeness (QED) is 0.864. The lowest BCUT2D eigenvalue weighted by Gasteiger charge is -2.23. The van der Waals surface area contributed by atoms with Crippen LogP contribution in [-0.2, 0) is 11.3 Å². The molecule has 5 heteroatoms. The molecule has 0 fully saturated rings. The highest BCUT2D eigenvalue weighted by atomic mass is 35.5. The van der Waals surface area contributed by atoms with Crippen molar-refractivity contribution >= 4 is 17.5 Å². The summed E-state index contributed by atoms with van der Waals surface area (Å²) in [6.07, 6.45) is 0. The van der Waals surface area contributed by atoms with Gasteiger partial charge in [-0.1, -0.05) is 17.7 Å². The molecule has 1 amide bonds. The third-order valence-electron chi connectivity index (χ3n) is 2.74. The highest BCUT2D eigenvalue weighted by molar-refractivity contribution is 6.31. The second kappa shape index (κ2) is 6.16. The first-order valence-corrected chi connectivity index (χ1v) is 6.11. The molecule has 1 rings (SSSR count). The van der Waals surface area contributed by atoms with Gasteiger partial charge in [0.15, 0.2) is 0 Å². The molecule has 0 atom stereocenters. The predicted octanol–water partition coefficient (Wildman–Crippen LogP) is 2.34. The lowest BCUT2D eigenvalue weighted by atomic mass is 9.92. The van der Waals surface area contributed by atoms with E-state index in [1.54, 1.807) is 13.1 Å². The third-order valence-corrected chi connectivity index (χ3v) is 3.09. The van der Waals surface area contributed by atoms with Gasteiger partial charge in [0.05, 0.1) is 5.41 Å². The summed E-state index contributed by atoms with van der Waals surface area (Å²) in [5, 5.41) is 6.16. The van der Waals surface area contributed by atoms with Crippen LogP contribution < -0.4 is 10.6 Å². The van der Waals surface area contributed by atoms with Gasteiger partial charge in [-0.2, -0.15) is 0 Å². The maximum absolute atomic E-state index is 12.9. The minimum absolute atomic E-state index is 0.0276. The van der Waals surface area contributed by atoms with E-state index in [4.69, 9.17) is 11.6 Å². The van der Waals surface area contributed by atoms with Gasteiger partial charge >= 0.3 is 0 Å². The molecular formula is C13H18ClFN2O. The average Bonchev–Trinajstić information content (AvgIpc) is 2.30. The Balaban J connectivity index is 2.54. The van der Waals surface area contributed by atoms with Crippen LogP contribution in [0.4, 0.5) is 4.39 Å². The van der Waals surface area contributed by atoms with Crippen LogP contribution in [-0.4, -0.2) is 19.5 Å². The predicted molar refractivity (Wildman–Crippen MR) is 71.0 cm³/mol. The Kier molecular flexibility index (Phi) is 5.11. The number of hydrogen-bond donors (Lipinski definition) is 2. The molecule has 0 aliphatic rings. The Labute approximate surface area is 112 Å². The molecule has 0 saturated heterocycles. The summed E-state index contributed by atoms with van der Waals surface area (Å²) >= 11 is 5.91. The molecule has 0 aliphatic carbocycles. The number of halogens is 2. The van der Waals surface area contributed by atoms with Crippen molar-refractivity contribution in [3.8, 4) is 0 Å². The van der Waals surface area contributed by atoms with Gasteiger partial charge in [0.25, 0.3) is 0 Å². The maximum Gasteiger partial charge on any atom is 0.226 e. The van der Waals surface area contributed by atoms with E-state index < -0.39 is 5.41 Å². The number of rotatable bonds is 5. The monoisotopic (exact) mass is 272 g/mol. The van der Waals surface area contributed by atoms with Crippen LogP contribution in [0.5, 0.6) is 0 Å². The van der Waals surface area contributed by atoms with Gasteiger partial charge in [0.1, 0.15) is 5.82 Å². The fourth-order valence-corrected chi connectivity index (χ4v) is 1.83. The van der Waals surface area contributed by atoms with E-state index in [9.17, 15) is 9.18 Å². The number of nitrogens with one attached hydrogen (secondary N) is 2. The second-order valence-corrected chi connectivity index (χ2v) is 5.21. The van der Waals surface area contributed by atoms with E-state index in [0.717, 1.165) is 5.56 Å². The Morgan fingerprint density at radius 1 is 1.44 bits per heavy atom. The van der Waals surface area contributed by atoms with Crippen LogP contribution in [0.25, 0.3) is 0 Å². The summed E-state index contributed by atoms with van der Waals surface area (Å²) < 4.78 is 12.9. The van der Waals surface area contributed by atoms with Crippen molar-refractivity contribution in [3.05, 3.63) is 34.6 Å². The van der Waals surface area contributed by atoms with E-state index >= 15 is 0 Å². The fourth-order valence-electron chi connectivity index (χ4n) is 1.59. The normalized spacial score (nSPS) is 11.4. The van der Waals surface area contributed by atoms with Gasteiger partial charge in [-0.05, 0) is 31.5 Å². The Hall–Kier alpha value is -1.13. The Morgan fingerprint density at radius 3 is 2.67 bits per heavy atom. The topological polar surface area (TPSA) is 41.1 Å². The first-order chi connectivity index (χ1) is 8.36. The van der Waals surface area contributed by atoms with Gasteiger partial charge in [-0.25, -0.2) is 4.39 Å². The summed E-state index contributed by atoms with van der Waals surface area (Å²) in [5.41, 5.74) is 0.312. The van der Waals surface area contributed by atoms with Crippen LogP contribution in [0.3, 0.4) is 0 Å². The van der Waals surface area contributed by atoms with E-state index in [2.05, 4.69) is 10.6 Å². The first kappa shape index (κ1) is 14.9. The van der Waals surface area contributed by atoms with Gasteiger partial charge < -0.3 is 10.6 Å². The minimum atomic E-state index is -0.499. The summed E-state index contributed by atoms with van der Waals surface area (Å²) in [7, 11) is 1.61. The summed E-state index contributed by atoms with van der Waals surface area (Å²) in [5.74, 6) is -0.380. The maximum atomic E-state index is 12.9. The van der Waals surface area contributed by atoms with Crippen molar-refractivity contribution in [3.63, 3.8) is 0 Å². The molecule has 0 saturated carbocycles. The molecule has 1 aromatic carbocycles. The van der Waals surface area contributed by atoms with Crippen LogP contribution in [0.2, 0.25) is 5.02 Å². The number of amides is 1. The van der Waals surface area contributed by atoms with Crippen LogP contribution >= 0.6 is 11.6 Å². The van der Waals surface area contributed by atoms with Crippen molar-refractivity contribution in [1.82, 2.24) is 10.6 Å². The van der Waals surface area contributed by atoms with Crippen LogP contribution in [0.15, 0.2) is 18.2 Å². The molecular weight excluding hydrogens is 255 g/mol. The van der Waals surface area contributed by atoms with E-state index in [-0.39, 0.29) is 11.7 Å². The molecule has 0 unspecified atom stereocenters. The number of benzene rings is 1. The molecule has 1 aromatic rings. The molecule has 0 bridgehead atoms. The standard InChI is InChI=1S/C13H18ClFN2O/c1-13(2,12(18)16-3)8-17-7-9-4-5-10(15)6-11(9)14/h4-6,17H,7-8H2,1-3H3,(H,16,18). The molecule has 0 aliphatic heterocycles. The van der Waals surface area contributed by atoms with Crippen molar-refractivity contribution in [2.75, 3.05) is 13.6 Å². The molecule has 0 aromatic heterocycles. The lowest BCUT2D eigenvalue weighted by molar-refractivity contribution is -0.128. The van der Waals surface area contributed by atoms with Crippen molar-refractivity contribution in [1.29, 1.82) is 0 Å². The van der Waals surface area contributed by atoms with E-state index in [1.807, 2.05) is 13.8 Å². The number of carbonyl (C=O) groups is 1. The molecule has 0 radical (unpaired) electrons. The zero-order valence-electron chi connectivity index (χ0n) is 10.8. The zero-order chi connectivity index (χ0) is 13.8. The number of hydrogen-bond acceptors (Lipinski definition) is 2. The molecule has 0 spiro atoms. The Morgan fingerprint density at radius 2 is 2.11 bits per heavy atom. The minimum Gasteiger partial charge on any atom is -0.359 e. The summed E-state index contributed by atoms with van der Waals surface area (Å²) in [6, 6.07) is 4.28. The molecule has 3 nitrogen and oxygen atoms in total. The average molecular weight is 273 g/mol. The largest absolute Gasteiger partial charge is 0.359 e. The highest BCUT2D eigenvalue weighted by Gasteiger charge is 2.25. The molecule has 2 N–H and O–H groups in total. The molecule has 0 heterocycles. The van der Waals surface area contributed by atoms with Gasteiger partial charge in [0.2, 0.25) is 5.91 Å². The fraction of sp³-hybridized carbons (Fsp3) is 0.462. The van der Waals surface area contributed by atoms with Crippen molar-refractivity contribution < 1.29 is 9.18 Å². The van der Waals surface area contributed by atoms with Gasteiger partial charge in [-0.3, -0.25) is 4.79 Å². The van der Waals surface area contributed by atoms with Gasteiger partial charge in [0, 0.05) is 25.2 Å². The van der Waals surface area contributed by atoms with Crippen molar-refractivity contribution in [2.24, 2.45) is 5.41 Å². The second-order valence-electron chi connectivity index (χ2n) is 4.80. The van der Waals surface area contributed by atoms with E-state index in [1.165, 1.54) is 12.1 Å². The van der Waals surface area contributed by atoms with Gasteiger partial charge in [-0.15, -0.1) is 0 Å². The van der Waals surface area contributed by atoms with Crippen LogP contribution in [0.1, 0.15) is 19.4 Å². The van der Waals surface area contributed by atoms with Crippen molar-refractivity contribution in [2.45, 2.75) is 20.4 Å². The third kappa shape index (κ3) is 3.96. The summed E-state index contributed by atoms with van der Waals surface area (Å²) in [4.78, 5) is 11.6. The van der Waals surface area contributed by atoms with E-state index in [0.29, 0.717) is 18.1 Å². The molecule has 100 valence electrons. The molecule has 18 heavy (non-hydrogen) atoms. The lowest BCUT2D eigenvalue weighted by Crippen LogP contribution is -2.41. The zero-order valence-corrected chi connectivity index (χ0v) is 11.6. The Bertz CT molecular complexity index is 435. The van der Waals surface area contributed by atoms with Crippen LogP contribution in [0, 0.1) is 11.2 Å². The summed E-state index contributed by atoms with van der Waals surface area (Å²) in [6.45, 7) is 4.72. The number of carbonyl (C=O) groups excluding carboxylic acids is 1. The SMILES string of the molecule is CNC(=O)C(C)(C)CNCc1ccc(F)cc1Cl. The highest BCUT2D eigenvalue weighted by Crippen LogP contribution is 2.18. The smallest absolute Gasteiger partial charge is 0.226 e.